The van der Waals surface area contributed by atoms with Gasteiger partial charge in [-0.15, -0.1) is 0 Å². The zero-order valence-electron chi connectivity index (χ0n) is 12.3. The maximum Gasteiger partial charge on any atom is 0.130 e. The van der Waals surface area contributed by atoms with Gasteiger partial charge in [0.15, 0.2) is 0 Å². The third-order valence-corrected chi connectivity index (χ3v) is 3.97. The number of nitrogens with one attached hydrogen (secondary N) is 1. The van der Waals surface area contributed by atoms with Gasteiger partial charge < -0.3 is 10.2 Å². The highest BCUT2D eigenvalue weighted by atomic mass is 19.1. The van der Waals surface area contributed by atoms with E-state index in [-0.39, 0.29) is 11.6 Å². The first-order valence-corrected chi connectivity index (χ1v) is 7.47. The van der Waals surface area contributed by atoms with E-state index < -0.39 is 11.6 Å². The first kappa shape index (κ1) is 15.4. The second-order valence-electron chi connectivity index (χ2n) is 5.88. The fourth-order valence-electron chi connectivity index (χ4n) is 2.87. The van der Waals surface area contributed by atoms with Gasteiger partial charge in [-0.05, 0) is 57.5 Å². The molecule has 20 heavy (non-hydrogen) atoms. The van der Waals surface area contributed by atoms with E-state index in [0.29, 0.717) is 5.92 Å². The Morgan fingerprint density at radius 2 is 1.75 bits per heavy atom. The second-order valence-corrected chi connectivity index (χ2v) is 5.88. The van der Waals surface area contributed by atoms with Crippen molar-refractivity contribution in [1.82, 2.24) is 10.2 Å². The Labute approximate surface area is 120 Å². The highest BCUT2D eigenvalue weighted by molar-refractivity contribution is 5.22. The molecule has 1 aliphatic rings. The van der Waals surface area contributed by atoms with Gasteiger partial charge in [0.1, 0.15) is 11.6 Å². The van der Waals surface area contributed by atoms with Gasteiger partial charge in [0.2, 0.25) is 0 Å². The van der Waals surface area contributed by atoms with Crippen LogP contribution in [0.4, 0.5) is 8.78 Å². The van der Waals surface area contributed by atoms with Crippen molar-refractivity contribution in [3.8, 4) is 0 Å². The van der Waals surface area contributed by atoms with E-state index in [1.54, 1.807) is 0 Å². The molecule has 1 fully saturated rings. The highest BCUT2D eigenvalue weighted by Gasteiger charge is 2.18. The molecule has 1 saturated heterocycles. The summed E-state index contributed by atoms with van der Waals surface area (Å²) in [5, 5.41) is 3.25. The summed E-state index contributed by atoms with van der Waals surface area (Å²) in [6, 6.07) is 3.71. The van der Waals surface area contributed by atoms with Gasteiger partial charge in [-0.25, -0.2) is 8.78 Å². The average molecular weight is 282 g/mol. The molecule has 4 heteroatoms. The lowest BCUT2D eigenvalue weighted by Gasteiger charge is -2.23. The lowest BCUT2D eigenvalue weighted by atomic mass is 10.1. The third-order valence-electron chi connectivity index (χ3n) is 3.97. The minimum Gasteiger partial charge on any atom is -0.310 e. The first-order chi connectivity index (χ1) is 9.58. The Kier molecular flexibility index (Phi) is 5.49. The lowest BCUT2D eigenvalue weighted by molar-refractivity contribution is 0.278. The Morgan fingerprint density at radius 3 is 2.35 bits per heavy atom. The van der Waals surface area contributed by atoms with Crippen LogP contribution in [0.2, 0.25) is 0 Å². The van der Waals surface area contributed by atoms with Gasteiger partial charge in [-0.3, -0.25) is 0 Å². The Bertz CT molecular complexity index is 410. The van der Waals surface area contributed by atoms with Crippen molar-refractivity contribution >= 4 is 0 Å². The highest BCUT2D eigenvalue weighted by Crippen LogP contribution is 2.20. The van der Waals surface area contributed by atoms with Gasteiger partial charge in [0.05, 0.1) is 0 Å². The molecule has 2 atom stereocenters. The average Bonchev–Trinajstić information content (AvgIpc) is 2.89. The standard InChI is InChI=1S/C16H24F2N2/c1-12(11-20-8-3-4-9-20)10-19-13(2)16-14(17)6-5-7-15(16)18/h5-7,12-13,19H,3-4,8-11H2,1-2H3. The Balaban J connectivity index is 1.83. The van der Waals surface area contributed by atoms with Crippen LogP contribution in [0.5, 0.6) is 0 Å². The van der Waals surface area contributed by atoms with Gasteiger partial charge >= 0.3 is 0 Å². The smallest absolute Gasteiger partial charge is 0.130 e. The maximum atomic E-state index is 13.7. The molecule has 0 aliphatic carbocycles. The summed E-state index contributed by atoms with van der Waals surface area (Å²) < 4.78 is 27.3. The predicted molar refractivity (Wildman–Crippen MR) is 77.6 cm³/mol. The van der Waals surface area contributed by atoms with Crippen molar-refractivity contribution in [2.24, 2.45) is 5.92 Å². The van der Waals surface area contributed by atoms with E-state index in [0.717, 1.165) is 13.1 Å². The number of hydrogen-bond acceptors (Lipinski definition) is 2. The lowest BCUT2D eigenvalue weighted by Crippen LogP contribution is -2.33. The van der Waals surface area contributed by atoms with Crippen LogP contribution < -0.4 is 5.32 Å². The molecule has 1 aromatic rings. The van der Waals surface area contributed by atoms with E-state index in [1.165, 1.54) is 44.1 Å². The number of benzene rings is 1. The fraction of sp³-hybridized carbons (Fsp3) is 0.625. The molecule has 1 aromatic carbocycles. The summed E-state index contributed by atoms with van der Waals surface area (Å²) in [5.41, 5.74) is 0.140. The van der Waals surface area contributed by atoms with E-state index in [9.17, 15) is 8.78 Å². The molecule has 0 radical (unpaired) electrons. The topological polar surface area (TPSA) is 15.3 Å². The van der Waals surface area contributed by atoms with Crippen molar-refractivity contribution in [2.45, 2.75) is 32.7 Å². The van der Waals surface area contributed by atoms with Crippen LogP contribution in [0.3, 0.4) is 0 Å². The summed E-state index contributed by atoms with van der Waals surface area (Å²) in [6.45, 7) is 8.18. The second kappa shape index (κ2) is 7.14. The van der Waals surface area contributed by atoms with Crippen LogP contribution in [-0.4, -0.2) is 31.1 Å². The number of halogens is 2. The molecular weight excluding hydrogens is 258 g/mol. The summed E-state index contributed by atoms with van der Waals surface area (Å²) >= 11 is 0. The third kappa shape index (κ3) is 4.00. The predicted octanol–water partition coefficient (Wildman–Crippen LogP) is 3.35. The molecule has 0 aromatic heterocycles. The molecule has 0 spiro atoms. The zero-order valence-corrected chi connectivity index (χ0v) is 12.3. The molecule has 1 aliphatic heterocycles. The van der Waals surface area contributed by atoms with Gasteiger partial charge in [0.25, 0.3) is 0 Å². The van der Waals surface area contributed by atoms with E-state index in [4.69, 9.17) is 0 Å². The van der Waals surface area contributed by atoms with Crippen molar-refractivity contribution < 1.29 is 8.78 Å². The normalized spacial score (nSPS) is 19.2. The van der Waals surface area contributed by atoms with E-state index in [1.807, 2.05) is 6.92 Å². The number of hydrogen-bond donors (Lipinski definition) is 1. The van der Waals surface area contributed by atoms with Crippen molar-refractivity contribution in [2.75, 3.05) is 26.2 Å². The number of rotatable bonds is 6. The molecule has 2 unspecified atom stereocenters. The largest absolute Gasteiger partial charge is 0.310 e. The monoisotopic (exact) mass is 282 g/mol. The molecule has 1 N–H and O–H groups in total. The van der Waals surface area contributed by atoms with E-state index >= 15 is 0 Å². The van der Waals surface area contributed by atoms with E-state index in [2.05, 4.69) is 17.1 Å². The molecule has 1 heterocycles. The molecule has 0 amide bonds. The molecule has 2 nitrogen and oxygen atoms in total. The van der Waals surface area contributed by atoms with Crippen LogP contribution in [0.1, 0.15) is 38.3 Å². The molecule has 0 saturated carbocycles. The van der Waals surface area contributed by atoms with Gasteiger partial charge in [0, 0.05) is 18.2 Å². The molecule has 112 valence electrons. The van der Waals surface area contributed by atoms with Crippen LogP contribution in [0.25, 0.3) is 0 Å². The van der Waals surface area contributed by atoms with Crippen LogP contribution in [0, 0.1) is 17.6 Å². The molecule has 0 bridgehead atoms. The fourth-order valence-corrected chi connectivity index (χ4v) is 2.87. The SMILES string of the molecule is CC(CNC(C)c1c(F)cccc1F)CN1CCCC1. The zero-order chi connectivity index (χ0) is 14.5. The van der Waals surface area contributed by atoms with Crippen LogP contribution >= 0.6 is 0 Å². The Hall–Kier alpha value is -1.00. The Morgan fingerprint density at radius 1 is 1.15 bits per heavy atom. The number of likely N-dealkylation sites (tertiary alicyclic amines) is 1. The summed E-state index contributed by atoms with van der Waals surface area (Å²) in [7, 11) is 0. The minimum atomic E-state index is -0.475. The maximum absolute atomic E-state index is 13.7. The quantitative estimate of drug-likeness (QED) is 0.861. The molecular formula is C16H24F2N2. The molecule has 2 rings (SSSR count). The summed E-state index contributed by atoms with van der Waals surface area (Å²) in [5.74, 6) is -0.472. The number of nitrogens with zero attached hydrogens (tertiary/aromatic N) is 1. The van der Waals surface area contributed by atoms with Crippen molar-refractivity contribution in [3.63, 3.8) is 0 Å². The van der Waals surface area contributed by atoms with Crippen molar-refractivity contribution in [1.29, 1.82) is 0 Å². The van der Waals surface area contributed by atoms with Crippen LogP contribution in [-0.2, 0) is 0 Å². The minimum absolute atomic E-state index is 0.140. The summed E-state index contributed by atoms with van der Waals surface area (Å²) in [6.07, 6.45) is 2.58. The summed E-state index contributed by atoms with van der Waals surface area (Å²) in [4.78, 5) is 2.46. The first-order valence-electron chi connectivity index (χ1n) is 7.47. The van der Waals surface area contributed by atoms with Gasteiger partial charge in [-0.2, -0.15) is 0 Å². The van der Waals surface area contributed by atoms with Gasteiger partial charge in [-0.1, -0.05) is 13.0 Å². The van der Waals surface area contributed by atoms with Crippen LogP contribution in [0.15, 0.2) is 18.2 Å². The van der Waals surface area contributed by atoms with Crippen molar-refractivity contribution in [3.05, 3.63) is 35.4 Å².